The van der Waals surface area contributed by atoms with Gasteiger partial charge in [-0.1, -0.05) is 24.6 Å². The lowest BCUT2D eigenvalue weighted by Crippen LogP contribution is -2.53. The van der Waals surface area contributed by atoms with E-state index in [1.54, 1.807) is 0 Å². The van der Waals surface area contributed by atoms with Crippen LogP contribution in [0, 0.1) is 11.8 Å². The van der Waals surface area contributed by atoms with Crippen molar-refractivity contribution >= 4 is 23.3 Å². The molecule has 1 fully saturated rings. The number of fused-ring (bicyclic) bond motifs is 4. The molecule has 256 valence electrons. The molecule has 0 radical (unpaired) electrons. The van der Waals surface area contributed by atoms with Crippen LogP contribution in [0.1, 0.15) is 80.7 Å². The third-order valence-corrected chi connectivity index (χ3v) is 11.5. The highest BCUT2D eigenvalue weighted by atomic mass is 35.5. The number of aliphatic hydroxyl groups excluding tert-OH is 1. The van der Waals surface area contributed by atoms with E-state index >= 15 is 0 Å². The maximum atomic E-state index is 13.5. The lowest BCUT2D eigenvalue weighted by Gasteiger charge is -2.48. The van der Waals surface area contributed by atoms with Crippen molar-refractivity contribution in [3.05, 3.63) is 76.1 Å². The van der Waals surface area contributed by atoms with E-state index in [-0.39, 0.29) is 24.1 Å². The van der Waals surface area contributed by atoms with Gasteiger partial charge in [0.05, 0.1) is 13.7 Å². The van der Waals surface area contributed by atoms with Crippen molar-refractivity contribution in [3.63, 3.8) is 0 Å². The Morgan fingerprint density at radius 3 is 2.75 bits per heavy atom. The predicted octanol–water partition coefficient (Wildman–Crippen LogP) is 7.25. The van der Waals surface area contributed by atoms with Crippen molar-refractivity contribution in [1.82, 2.24) is 4.98 Å². The Morgan fingerprint density at radius 1 is 1.12 bits per heavy atom. The van der Waals surface area contributed by atoms with Crippen molar-refractivity contribution < 1.29 is 28.8 Å². The van der Waals surface area contributed by atoms with E-state index in [4.69, 9.17) is 30.5 Å². The summed E-state index contributed by atoms with van der Waals surface area (Å²) in [6, 6.07) is 13.9. The second kappa shape index (κ2) is 13.8. The molecule has 7 rings (SSSR count). The van der Waals surface area contributed by atoms with E-state index < -0.39 is 5.54 Å². The highest BCUT2D eigenvalue weighted by Crippen LogP contribution is 2.58. The van der Waals surface area contributed by atoms with E-state index in [2.05, 4.69) is 29.4 Å². The zero-order chi connectivity index (χ0) is 33.3. The number of carbonyl (C=O) groups is 1. The van der Waals surface area contributed by atoms with Crippen molar-refractivity contribution in [2.45, 2.75) is 94.6 Å². The topological polar surface area (TPSA) is 99.1 Å². The first-order valence-corrected chi connectivity index (χ1v) is 18.0. The molecule has 3 atom stereocenters. The minimum Gasteiger partial charge on any atom is -0.493 e. The monoisotopic (exact) mass is 674 g/mol. The number of anilines is 1. The van der Waals surface area contributed by atoms with Crippen molar-refractivity contribution in [3.8, 4) is 17.2 Å². The summed E-state index contributed by atoms with van der Waals surface area (Å²) < 4.78 is 24.4. The first kappa shape index (κ1) is 33.0. The number of rotatable bonds is 10. The molecule has 0 amide bonds. The fourth-order valence-electron chi connectivity index (χ4n) is 8.84. The molecule has 4 aliphatic rings. The molecule has 1 saturated carbocycles. The molecular formula is C39H47ClN2O6. The molecule has 2 heterocycles. The number of nitrogens with zero attached hydrogens (tertiary/aromatic N) is 1. The van der Waals surface area contributed by atoms with Crippen LogP contribution in [0.15, 0.2) is 48.7 Å². The fourth-order valence-corrected chi connectivity index (χ4v) is 9.03. The molecule has 0 bridgehead atoms. The Kier molecular flexibility index (Phi) is 9.49. The van der Waals surface area contributed by atoms with Crippen LogP contribution in [0.3, 0.4) is 0 Å². The van der Waals surface area contributed by atoms with Crippen LogP contribution in [0.5, 0.6) is 17.2 Å². The maximum Gasteiger partial charge on any atom is 0.331 e. The molecule has 3 aliphatic carbocycles. The summed E-state index contributed by atoms with van der Waals surface area (Å²) >= 11 is 6.32. The third kappa shape index (κ3) is 6.34. The maximum absolute atomic E-state index is 13.5. The number of pyridine rings is 1. The number of aliphatic hydroxyl groups is 1. The van der Waals surface area contributed by atoms with E-state index in [1.807, 2.05) is 36.5 Å². The number of aromatic nitrogens is 1. The van der Waals surface area contributed by atoms with Gasteiger partial charge in [-0.2, -0.15) is 0 Å². The molecule has 2 aromatic carbocycles. The zero-order valence-electron chi connectivity index (χ0n) is 28.1. The quantitative estimate of drug-likeness (QED) is 0.217. The zero-order valence-corrected chi connectivity index (χ0v) is 28.8. The van der Waals surface area contributed by atoms with Gasteiger partial charge in [0, 0.05) is 41.2 Å². The number of nitrogens with one attached hydrogen (secondary N) is 1. The van der Waals surface area contributed by atoms with E-state index in [9.17, 15) is 9.90 Å². The van der Waals surface area contributed by atoms with Crippen molar-refractivity contribution in [1.29, 1.82) is 0 Å². The number of methoxy groups -OCH3 is 1. The lowest BCUT2D eigenvalue weighted by atomic mass is 9.59. The molecule has 1 spiro atoms. The van der Waals surface area contributed by atoms with Gasteiger partial charge in [0.2, 0.25) is 0 Å². The summed E-state index contributed by atoms with van der Waals surface area (Å²) in [5, 5.41) is 13.7. The second-order valence-electron chi connectivity index (χ2n) is 14.4. The number of benzene rings is 2. The molecule has 2 N–H and O–H groups in total. The number of esters is 1. The summed E-state index contributed by atoms with van der Waals surface area (Å²) in [6.45, 7) is 3.43. The standard InChI is InChI=1S/C39H47ClN2O6/c1-25(23-46-34-10-16-41-33-9-4-3-8-31(33)34)18-27-19-26-20-36-35(47-24-30(48-36)11-17-43)22-32(26)38(27)12-14-39(15-13-38,37(44)45-2)42-29-7-5-6-28(40)21-29/h5-7,10,16,20-22,25,27,30,42-43H,3-4,8-9,11-15,17-19,23-24H2,1-2H3/t25-,27?,30?,38?,39?/m1/s1. The van der Waals surface area contributed by atoms with Crippen LogP contribution in [0.25, 0.3) is 0 Å². The van der Waals surface area contributed by atoms with Gasteiger partial charge >= 0.3 is 5.97 Å². The fraction of sp³-hybridized carbons (Fsp3) is 0.538. The van der Waals surface area contributed by atoms with Crippen molar-refractivity contribution in [2.24, 2.45) is 11.8 Å². The molecule has 1 aliphatic heterocycles. The molecule has 48 heavy (non-hydrogen) atoms. The van der Waals surface area contributed by atoms with Crippen LogP contribution >= 0.6 is 11.6 Å². The van der Waals surface area contributed by atoms with Crippen LogP contribution in [0.2, 0.25) is 5.02 Å². The minimum absolute atomic E-state index is 0.0624. The summed E-state index contributed by atoms with van der Waals surface area (Å²) in [4.78, 5) is 18.1. The summed E-state index contributed by atoms with van der Waals surface area (Å²) in [6.07, 6.45) is 11.5. The molecule has 1 aromatic heterocycles. The first-order valence-electron chi connectivity index (χ1n) is 17.6. The van der Waals surface area contributed by atoms with Crippen molar-refractivity contribution in [2.75, 3.05) is 32.2 Å². The average molecular weight is 675 g/mol. The van der Waals surface area contributed by atoms with Crippen LogP contribution in [-0.2, 0) is 34.2 Å². The van der Waals surface area contributed by atoms with Gasteiger partial charge in [-0.3, -0.25) is 4.98 Å². The molecule has 9 heteroatoms. The Balaban J connectivity index is 1.15. The van der Waals surface area contributed by atoms with Gasteiger partial charge in [-0.15, -0.1) is 0 Å². The highest BCUT2D eigenvalue weighted by molar-refractivity contribution is 6.30. The Bertz CT molecular complexity index is 1640. The normalized spacial score (nSPS) is 26.3. The van der Waals surface area contributed by atoms with Gasteiger partial charge in [0.1, 0.15) is 24.0 Å². The molecule has 3 aromatic rings. The van der Waals surface area contributed by atoms with E-state index in [1.165, 1.54) is 42.3 Å². The third-order valence-electron chi connectivity index (χ3n) is 11.3. The smallest absolute Gasteiger partial charge is 0.331 e. The summed E-state index contributed by atoms with van der Waals surface area (Å²) in [7, 11) is 1.47. The molecular weight excluding hydrogens is 628 g/mol. The number of hydrogen-bond acceptors (Lipinski definition) is 8. The number of aryl methyl sites for hydroxylation is 1. The SMILES string of the molecule is COC(=O)C1(Nc2cccc(Cl)c2)CCC2(CC1)c1cc3c(cc1CC2C[C@@H](C)COc1ccnc2c1CCCC2)OC(CCO)CO3. The lowest BCUT2D eigenvalue weighted by molar-refractivity contribution is -0.148. The molecule has 2 unspecified atom stereocenters. The van der Waals surface area contributed by atoms with Crippen LogP contribution in [0.4, 0.5) is 5.69 Å². The van der Waals surface area contributed by atoms with Gasteiger partial charge in [-0.05, 0) is 129 Å². The first-order chi connectivity index (χ1) is 23.3. The van der Waals surface area contributed by atoms with Gasteiger partial charge < -0.3 is 29.4 Å². The summed E-state index contributed by atoms with van der Waals surface area (Å²) in [5.41, 5.74) is 4.91. The highest BCUT2D eigenvalue weighted by Gasteiger charge is 2.55. The largest absolute Gasteiger partial charge is 0.493 e. The predicted molar refractivity (Wildman–Crippen MR) is 185 cm³/mol. The molecule has 8 nitrogen and oxygen atoms in total. The number of halogens is 1. The second-order valence-corrected chi connectivity index (χ2v) is 14.8. The van der Waals surface area contributed by atoms with E-state index in [0.717, 1.165) is 61.5 Å². The summed E-state index contributed by atoms with van der Waals surface area (Å²) in [5.74, 6) is 2.95. The van der Waals surface area contributed by atoms with Gasteiger partial charge in [0.25, 0.3) is 0 Å². The average Bonchev–Trinajstić information content (AvgIpc) is 3.37. The molecule has 0 saturated heterocycles. The van der Waals surface area contributed by atoms with Crippen LogP contribution in [-0.4, -0.2) is 54.6 Å². The van der Waals surface area contributed by atoms with Gasteiger partial charge in [0.15, 0.2) is 11.5 Å². The minimum atomic E-state index is -0.849. The Hall–Kier alpha value is -3.49. The van der Waals surface area contributed by atoms with Gasteiger partial charge in [-0.25, -0.2) is 4.79 Å². The van der Waals surface area contributed by atoms with E-state index in [0.29, 0.717) is 49.3 Å². The number of carbonyl (C=O) groups excluding carboxylic acids is 1. The Morgan fingerprint density at radius 2 is 1.96 bits per heavy atom. The number of ether oxygens (including phenoxy) is 4. The Labute approximate surface area is 288 Å². The van der Waals surface area contributed by atoms with Crippen LogP contribution < -0.4 is 19.5 Å². The number of hydrogen-bond donors (Lipinski definition) is 2.